The third-order valence-corrected chi connectivity index (χ3v) is 5.72. The molecule has 6 unspecified atom stereocenters. The number of ketones is 1. The average Bonchev–Trinajstić information content (AvgIpc) is 3.21. The SMILES string of the molecule is CC(=O)NC(C)C(=O)NC(C)C(=O)N1CCCC1C(=O)NC(C)C(=O)C(C(C)C(=O)O)C(F)(F)F. The third-order valence-electron chi connectivity index (χ3n) is 5.72. The lowest BCUT2D eigenvalue weighted by atomic mass is 9.86. The monoisotopic (exact) mass is 508 g/mol. The van der Waals surface area contributed by atoms with E-state index in [-0.39, 0.29) is 13.0 Å². The molecule has 1 fully saturated rings. The summed E-state index contributed by atoms with van der Waals surface area (Å²) in [6.45, 7) is 5.92. The molecule has 0 radical (unpaired) electrons. The molecule has 1 heterocycles. The summed E-state index contributed by atoms with van der Waals surface area (Å²) < 4.78 is 40.1. The van der Waals surface area contributed by atoms with Gasteiger partial charge in [-0.1, -0.05) is 6.92 Å². The molecule has 35 heavy (non-hydrogen) atoms. The summed E-state index contributed by atoms with van der Waals surface area (Å²) in [5.41, 5.74) is 0. The van der Waals surface area contributed by atoms with Gasteiger partial charge in [-0.15, -0.1) is 0 Å². The fourth-order valence-corrected chi connectivity index (χ4v) is 3.81. The maximum atomic E-state index is 13.4. The number of alkyl halides is 3. The molecule has 11 nitrogen and oxygen atoms in total. The number of hydrogen-bond donors (Lipinski definition) is 4. The van der Waals surface area contributed by atoms with E-state index in [4.69, 9.17) is 5.11 Å². The molecule has 14 heteroatoms. The number of nitrogens with one attached hydrogen (secondary N) is 3. The Hall–Kier alpha value is -3.19. The largest absolute Gasteiger partial charge is 0.481 e. The van der Waals surface area contributed by atoms with Crippen molar-refractivity contribution in [1.82, 2.24) is 20.9 Å². The van der Waals surface area contributed by atoms with Crippen molar-refractivity contribution >= 4 is 35.4 Å². The van der Waals surface area contributed by atoms with E-state index in [0.29, 0.717) is 6.42 Å². The van der Waals surface area contributed by atoms with Crippen LogP contribution in [0.1, 0.15) is 47.5 Å². The number of carboxylic acid groups (broad SMARTS) is 1. The van der Waals surface area contributed by atoms with Crippen LogP contribution in [-0.4, -0.2) is 82.3 Å². The molecule has 1 aliphatic rings. The number of carbonyl (C=O) groups excluding carboxylic acids is 5. The predicted molar refractivity (Wildman–Crippen MR) is 115 cm³/mol. The fourth-order valence-electron chi connectivity index (χ4n) is 3.81. The third kappa shape index (κ3) is 7.92. The molecule has 4 amide bonds. The zero-order valence-electron chi connectivity index (χ0n) is 20.1. The average molecular weight is 508 g/mol. The Kier molecular flexibility index (Phi) is 10.2. The topological polar surface area (TPSA) is 162 Å². The standard InChI is InChI=1S/C21H31F3N4O7/c1-9(20(34)35)15(21(22,23)24)16(30)10(2)26-18(32)14-7-6-8-28(14)19(33)12(4)27-17(31)11(3)25-13(5)29/h9-12,14-15H,6-8H2,1-5H3,(H,25,29)(H,26,32)(H,27,31)(H,34,35). The van der Waals surface area contributed by atoms with Gasteiger partial charge in [-0.3, -0.25) is 28.8 Å². The molecule has 0 aliphatic carbocycles. The molecule has 0 saturated carbocycles. The number of halogens is 3. The first-order chi connectivity index (χ1) is 16.0. The zero-order valence-corrected chi connectivity index (χ0v) is 20.1. The first-order valence-corrected chi connectivity index (χ1v) is 11.0. The molecule has 1 rings (SSSR count). The maximum Gasteiger partial charge on any atom is 0.399 e. The molecule has 0 aromatic heterocycles. The van der Waals surface area contributed by atoms with Gasteiger partial charge in [-0.25, -0.2) is 0 Å². The van der Waals surface area contributed by atoms with Crippen LogP contribution in [0.25, 0.3) is 0 Å². The van der Waals surface area contributed by atoms with Gasteiger partial charge in [0.15, 0.2) is 5.78 Å². The summed E-state index contributed by atoms with van der Waals surface area (Å²) in [6.07, 6.45) is -4.56. The lowest BCUT2D eigenvalue weighted by molar-refractivity contribution is -0.197. The van der Waals surface area contributed by atoms with E-state index in [1.165, 1.54) is 20.8 Å². The number of likely N-dealkylation sites (tertiary alicyclic amines) is 1. The number of Topliss-reactive ketones (excluding diaryl/α,β-unsaturated/α-hetero) is 1. The van der Waals surface area contributed by atoms with Crippen LogP contribution >= 0.6 is 0 Å². The van der Waals surface area contributed by atoms with Crippen molar-refractivity contribution in [2.75, 3.05) is 6.54 Å². The van der Waals surface area contributed by atoms with Gasteiger partial charge in [-0.2, -0.15) is 13.2 Å². The summed E-state index contributed by atoms with van der Waals surface area (Å²) in [7, 11) is 0. The fraction of sp³-hybridized carbons (Fsp3) is 0.714. The number of aliphatic carboxylic acids is 1. The minimum absolute atomic E-state index is 0.141. The number of rotatable bonds is 10. The van der Waals surface area contributed by atoms with E-state index < -0.39 is 77.6 Å². The molecule has 0 aromatic rings. The van der Waals surface area contributed by atoms with Crippen LogP contribution in [0.3, 0.4) is 0 Å². The lowest BCUT2D eigenvalue weighted by Gasteiger charge is -2.29. The molecule has 198 valence electrons. The van der Waals surface area contributed by atoms with Crippen LogP contribution in [0.2, 0.25) is 0 Å². The number of hydrogen-bond acceptors (Lipinski definition) is 6. The molecule has 1 saturated heterocycles. The van der Waals surface area contributed by atoms with Crippen molar-refractivity contribution < 1.29 is 47.0 Å². The normalized spacial score (nSPS) is 20.1. The van der Waals surface area contributed by atoms with E-state index in [9.17, 15) is 41.9 Å². The van der Waals surface area contributed by atoms with Gasteiger partial charge in [0.2, 0.25) is 23.6 Å². The Morgan fingerprint density at radius 2 is 1.49 bits per heavy atom. The second-order valence-corrected chi connectivity index (χ2v) is 8.62. The van der Waals surface area contributed by atoms with Crippen molar-refractivity contribution in [1.29, 1.82) is 0 Å². The van der Waals surface area contributed by atoms with E-state index in [0.717, 1.165) is 18.7 Å². The highest BCUT2D eigenvalue weighted by Gasteiger charge is 2.51. The minimum atomic E-state index is -5.13. The molecule has 4 N–H and O–H groups in total. The first-order valence-electron chi connectivity index (χ1n) is 11.0. The smallest absolute Gasteiger partial charge is 0.399 e. The Labute approximate surface area is 200 Å². The van der Waals surface area contributed by atoms with Crippen LogP contribution in [0, 0.1) is 11.8 Å². The van der Waals surface area contributed by atoms with E-state index in [1.807, 2.05) is 0 Å². The van der Waals surface area contributed by atoms with Crippen LogP contribution in [0.4, 0.5) is 13.2 Å². The molecule has 0 spiro atoms. The van der Waals surface area contributed by atoms with Gasteiger partial charge < -0.3 is 26.0 Å². The number of amides is 4. The Morgan fingerprint density at radius 1 is 0.914 bits per heavy atom. The lowest BCUT2D eigenvalue weighted by Crippen LogP contribution is -2.56. The number of nitrogens with zero attached hydrogens (tertiary/aromatic N) is 1. The molecule has 0 bridgehead atoms. The molecule has 1 aliphatic heterocycles. The number of carboxylic acids is 1. The van der Waals surface area contributed by atoms with Crippen LogP contribution in [0.5, 0.6) is 0 Å². The second kappa shape index (κ2) is 12.0. The number of carbonyl (C=O) groups is 6. The van der Waals surface area contributed by atoms with Crippen LogP contribution in [0.15, 0.2) is 0 Å². The van der Waals surface area contributed by atoms with E-state index >= 15 is 0 Å². The highest BCUT2D eigenvalue weighted by atomic mass is 19.4. The highest BCUT2D eigenvalue weighted by molar-refractivity contribution is 5.97. The van der Waals surface area contributed by atoms with Gasteiger partial charge >= 0.3 is 12.1 Å². The van der Waals surface area contributed by atoms with Gasteiger partial charge in [0.25, 0.3) is 0 Å². The molecular formula is C21H31F3N4O7. The van der Waals surface area contributed by atoms with Crippen molar-refractivity contribution in [3.63, 3.8) is 0 Å². The van der Waals surface area contributed by atoms with E-state index in [1.54, 1.807) is 0 Å². The van der Waals surface area contributed by atoms with Crippen molar-refractivity contribution in [3.8, 4) is 0 Å². The summed E-state index contributed by atoms with van der Waals surface area (Å²) in [6, 6.07) is -4.74. The summed E-state index contributed by atoms with van der Waals surface area (Å²) >= 11 is 0. The molecule has 6 atom stereocenters. The minimum Gasteiger partial charge on any atom is -0.481 e. The van der Waals surface area contributed by atoms with Crippen LogP contribution in [-0.2, 0) is 28.8 Å². The van der Waals surface area contributed by atoms with Crippen molar-refractivity contribution in [3.05, 3.63) is 0 Å². The highest BCUT2D eigenvalue weighted by Crippen LogP contribution is 2.34. The molecular weight excluding hydrogens is 477 g/mol. The first kappa shape index (κ1) is 29.8. The predicted octanol–water partition coefficient (Wildman–Crippen LogP) is -0.0203. The van der Waals surface area contributed by atoms with Crippen LogP contribution < -0.4 is 16.0 Å². The summed E-state index contributed by atoms with van der Waals surface area (Å²) in [5, 5.41) is 15.9. The quantitative estimate of drug-likeness (QED) is 0.322. The van der Waals surface area contributed by atoms with E-state index in [2.05, 4.69) is 16.0 Å². The summed E-state index contributed by atoms with van der Waals surface area (Å²) in [5.74, 6) is -10.8. The summed E-state index contributed by atoms with van der Waals surface area (Å²) in [4.78, 5) is 73.4. The molecule has 0 aromatic carbocycles. The van der Waals surface area contributed by atoms with Gasteiger partial charge in [-0.05, 0) is 33.6 Å². The van der Waals surface area contributed by atoms with Gasteiger partial charge in [0.05, 0.1) is 12.0 Å². The second-order valence-electron chi connectivity index (χ2n) is 8.62. The van der Waals surface area contributed by atoms with Gasteiger partial charge in [0, 0.05) is 13.5 Å². The van der Waals surface area contributed by atoms with Crippen molar-refractivity contribution in [2.24, 2.45) is 11.8 Å². The zero-order chi connectivity index (χ0) is 27.2. The van der Waals surface area contributed by atoms with Gasteiger partial charge in [0.1, 0.15) is 24.0 Å². The Bertz CT molecular complexity index is 864. The van der Waals surface area contributed by atoms with Crippen molar-refractivity contribution in [2.45, 2.75) is 77.8 Å². The Balaban J connectivity index is 2.88. The Morgan fingerprint density at radius 3 is 1.97 bits per heavy atom. The maximum absolute atomic E-state index is 13.4.